The summed E-state index contributed by atoms with van der Waals surface area (Å²) >= 11 is 0. The van der Waals surface area contributed by atoms with E-state index in [0.29, 0.717) is 32.6 Å². The molecule has 2 aliphatic heterocycles. The molecular formula is C20H20N6O3. The molecule has 0 bridgehead atoms. The minimum absolute atomic E-state index is 0.0451. The third kappa shape index (κ3) is 3.96. The largest absolute Gasteiger partial charge is 0.470 e. The molecule has 1 aromatic carbocycles. The Morgan fingerprint density at radius 1 is 1.17 bits per heavy atom. The zero-order valence-electron chi connectivity index (χ0n) is 15.8. The van der Waals surface area contributed by atoms with E-state index in [1.807, 2.05) is 36.4 Å². The number of urea groups is 1. The monoisotopic (exact) mass is 392 g/mol. The van der Waals surface area contributed by atoms with Crippen LogP contribution in [0.15, 0.2) is 42.7 Å². The minimum atomic E-state index is -0.252. The fraction of sp³-hybridized carbons (Fsp3) is 0.350. The Bertz CT molecular complexity index is 945. The molecule has 0 N–H and O–H groups in total. The van der Waals surface area contributed by atoms with Crippen LogP contribution in [0.3, 0.4) is 0 Å². The molecule has 3 amide bonds. The number of rotatable bonds is 5. The first-order chi connectivity index (χ1) is 14.2. The van der Waals surface area contributed by atoms with Gasteiger partial charge >= 0.3 is 6.03 Å². The molecule has 9 heteroatoms. The molecule has 0 saturated carbocycles. The maximum Gasteiger partial charge on any atom is 0.325 e. The molecule has 0 aliphatic carbocycles. The lowest BCUT2D eigenvalue weighted by Gasteiger charge is -2.22. The molecule has 0 radical (unpaired) electrons. The molecule has 0 spiro atoms. The fourth-order valence-electron chi connectivity index (χ4n) is 3.54. The first-order valence-electron chi connectivity index (χ1n) is 9.42. The minimum Gasteiger partial charge on any atom is -0.470 e. The number of anilines is 1. The van der Waals surface area contributed by atoms with Gasteiger partial charge < -0.3 is 14.5 Å². The lowest BCUT2D eigenvalue weighted by molar-refractivity contribution is -0.130. The van der Waals surface area contributed by atoms with Crippen molar-refractivity contribution in [1.82, 2.24) is 19.8 Å². The van der Waals surface area contributed by atoms with Crippen LogP contribution in [-0.2, 0) is 4.79 Å². The first kappa shape index (κ1) is 18.7. The number of amides is 3. The normalized spacial score (nSPS) is 18.8. The third-order valence-corrected chi connectivity index (χ3v) is 5.04. The van der Waals surface area contributed by atoms with E-state index in [1.54, 1.807) is 14.7 Å². The third-order valence-electron chi connectivity index (χ3n) is 5.04. The Balaban J connectivity index is 1.32. The molecule has 2 aliphatic rings. The van der Waals surface area contributed by atoms with Crippen molar-refractivity contribution in [3.63, 3.8) is 0 Å². The standard InChI is InChI=1S/C20H20N6O3/c21-12-17-19(23-8-7-22-17)29-16-6-9-24(13-16)18(27)14-25-10-11-26(20(25)28)15-4-2-1-3-5-15/h1-5,7-8,16H,6,9-11,13-14H2/t16-/m1/s1. The van der Waals surface area contributed by atoms with E-state index in [1.165, 1.54) is 12.4 Å². The van der Waals surface area contributed by atoms with Crippen molar-refractivity contribution in [2.45, 2.75) is 12.5 Å². The van der Waals surface area contributed by atoms with Gasteiger partial charge in [-0.1, -0.05) is 18.2 Å². The summed E-state index contributed by atoms with van der Waals surface area (Å²) in [4.78, 5) is 38.2. The van der Waals surface area contributed by atoms with E-state index in [9.17, 15) is 9.59 Å². The van der Waals surface area contributed by atoms with Crippen molar-refractivity contribution < 1.29 is 14.3 Å². The van der Waals surface area contributed by atoms with Crippen molar-refractivity contribution >= 4 is 17.6 Å². The number of aromatic nitrogens is 2. The highest BCUT2D eigenvalue weighted by molar-refractivity contribution is 5.96. The van der Waals surface area contributed by atoms with E-state index in [-0.39, 0.29) is 36.2 Å². The first-order valence-corrected chi connectivity index (χ1v) is 9.42. The van der Waals surface area contributed by atoms with Crippen LogP contribution in [0, 0.1) is 11.3 Å². The van der Waals surface area contributed by atoms with Crippen molar-refractivity contribution in [2.75, 3.05) is 37.6 Å². The zero-order chi connectivity index (χ0) is 20.2. The van der Waals surface area contributed by atoms with Gasteiger partial charge in [0, 0.05) is 44.1 Å². The molecule has 1 aromatic heterocycles. The Hall–Kier alpha value is -3.67. The number of para-hydroxylation sites is 1. The lowest BCUT2D eigenvalue weighted by Crippen LogP contribution is -2.42. The maximum atomic E-state index is 12.7. The van der Waals surface area contributed by atoms with Gasteiger partial charge in [-0.3, -0.25) is 9.69 Å². The number of likely N-dealkylation sites (tertiary alicyclic amines) is 1. The topological polar surface area (TPSA) is 103 Å². The van der Waals surface area contributed by atoms with Gasteiger partial charge in [-0.2, -0.15) is 5.26 Å². The summed E-state index contributed by atoms with van der Waals surface area (Å²) in [6, 6.07) is 11.2. The smallest absolute Gasteiger partial charge is 0.325 e. The van der Waals surface area contributed by atoms with Crippen LogP contribution in [0.1, 0.15) is 12.1 Å². The molecule has 2 aromatic rings. The Morgan fingerprint density at radius 3 is 2.76 bits per heavy atom. The highest BCUT2D eigenvalue weighted by atomic mass is 16.5. The average molecular weight is 392 g/mol. The summed E-state index contributed by atoms with van der Waals surface area (Å²) in [5.41, 5.74) is 0.959. The van der Waals surface area contributed by atoms with Crippen molar-refractivity contribution in [2.24, 2.45) is 0 Å². The quantitative estimate of drug-likeness (QED) is 0.759. The highest BCUT2D eigenvalue weighted by Gasteiger charge is 2.34. The molecule has 29 heavy (non-hydrogen) atoms. The van der Waals surface area contributed by atoms with Crippen molar-refractivity contribution in [3.8, 4) is 11.9 Å². The number of nitrogens with zero attached hydrogens (tertiary/aromatic N) is 6. The van der Waals surface area contributed by atoms with E-state index >= 15 is 0 Å². The molecular weight excluding hydrogens is 372 g/mol. The zero-order valence-corrected chi connectivity index (χ0v) is 15.8. The van der Waals surface area contributed by atoms with Crippen LogP contribution in [0.5, 0.6) is 5.88 Å². The molecule has 148 valence electrons. The van der Waals surface area contributed by atoms with Crippen LogP contribution in [0.2, 0.25) is 0 Å². The van der Waals surface area contributed by atoms with Gasteiger partial charge in [0.2, 0.25) is 11.6 Å². The molecule has 3 heterocycles. The summed E-state index contributed by atoms with van der Waals surface area (Å²) in [6.07, 6.45) is 3.28. The van der Waals surface area contributed by atoms with Crippen LogP contribution in [0.4, 0.5) is 10.5 Å². The number of nitriles is 1. The van der Waals surface area contributed by atoms with E-state index in [4.69, 9.17) is 10.00 Å². The van der Waals surface area contributed by atoms with Gasteiger partial charge in [0.25, 0.3) is 5.88 Å². The predicted molar refractivity (Wildman–Crippen MR) is 103 cm³/mol. The summed E-state index contributed by atoms with van der Waals surface area (Å²) in [7, 11) is 0. The lowest BCUT2D eigenvalue weighted by atomic mass is 10.3. The maximum absolute atomic E-state index is 12.7. The fourth-order valence-corrected chi connectivity index (χ4v) is 3.54. The molecule has 2 saturated heterocycles. The van der Waals surface area contributed by atoms with Crippen LogP contribution in [-0.4, -0.2) is 70.5 Å². The van der Waals surface area contributed by atoms with E-state index in [0.717, 1.165) is 5.69 Å². The number of hydrogen-bond acceptors (Lipinski definition) is 6. The summed E-state index contributed by atoms with van der Waals surface area (Å²) in [5, 5.41) is 9.08. The number of ether oxygens (including phenoxy) is 1. The molecule has 2 fully saturated rings. The molecule has 0 unspecified atom stereocenters. The summed E-state index contributed by atoms with van der Waals surface area (Å²) < 4.78 is 5.76. The van der Waals surface area contributed by atoms with E-state index < -0.39 is 0 Å². The molecule has 9 nitrogen and oxygen atoms in total. The average Bonchev–Trinajstić information content (AvgIpc) is 3.36. The number of carbonyl (C=O) groups is 2. The second-order valence-electron chi connectivity index (χ2n) is 6.88. The second-order valence-corrected chi connectivity index (χ2v) is 6.88. The van der Waals surface area contributed by atoms with Gasteiger partial charge in [-0.25, -0.2) is 14.8 Å². The molecule has 1 atom stereocenters. The highest BCUT2D eigenvalue weighted by Crippen LogP contribution is 2.21. The number of hydrogen-bond donors (Lipinski definition) is 0. The van der Waals surface area contributed by atoms with Crippen molar-refractivity contribution in [1.29, 1.82) is 5.26 Å². The summed E-state index contributed by atoms with van der Waals surface area (Å²) in [6.45, 7) is 2.05. The van der Waals surface area contributed by atoms with Crippen molar-refractivity contribution in [3.05, 3.63) is 48.4 Å². The van der Waals surface area contributed by atoms with Crippen LogP contribution < -0.4 is 9.64 Å². The van der Waals surface area contributed by atoms with Crippen LogP contribution in [0.25, 0.3) is 0 Å². The van der Waals surface area contributed by atoms with Gasteiger partial charge in [0.15, 0.2) is 0 Å². The Morgan fingerprint density at radius 2 is 1.97 bits per heavy atom. The van der Waals surface area contributed by atoms with Gasteiger partial charge in [-0.05, 0) is 12.1 Å². The molecule has 4 rings (SSSR count). The SMILES string of the molecule is N#Cc1nccnc1O[C@@H]1CCN(C(=O)CN2CCN(c3ccccc3)C2=O)C1. The van der Waals surface area contributed by atoms with E-state index in [2.05, 4.69) is 9.97 Å². The Labute approximate surface area is 168 Å². The van der Waals surface area contributed by atoms with Gasteiger partial charge in [-0.15, -0.1) is 0 Å². The Kier molecular flexibility index (Phi) is 5.24. The second kappa shape index (κ2) is 8.14. The van der Waals surface area contributed by atoms with Gasteiger partial charge in [0.05, 0.1) is 6.54 Å². The van der Waals surface area contributed by atoms with Crippen LogP contribution >= 0.6 is 0 Å². The van der Waals surface area contributed by atoms with Gasteiger partial charge in [0.1, 0.15) is 18.7 Å². The predicted octanol–water partition coefficient (Wildman–Crippen LogP) is 1.27. The number of carbonyl (C=O) groups excluding carboxylic acids is 2. The number of benzene rings is 1. The summed E-state index contributed by atoms with van der Waals surface area (Å²) in [5.74, 6) is 0.0709.